The fraction of sp³-hybridized carbons (Fsp3) is 0.200. The number of aromatic nitrogens is 2. The Labute approximate surface area is 92.4 Å². The molecule has 0 aliphatic carbocycles. The largest absolute Gasteiger partial charge is 0.462 e. The van der Waals surface area contributed by atoms with Crippen molar-refractivity contribution >= 4 is 11.5 Å². The van der Waals surface area contributed by atoms with Gasteiger partial charge in [-0.15, -0.1) is 0 Å². The molecule has 0 unspecified atom stereocenters. The van der Waals surface area contributed by atoms with Crippen LogP contribution in [-0.2, 0) is 9.53 Å². The van der Waals surface area contributed by atoms with Crippen molar-refractivity contribution in [2.24, 2.45) is 5.73 Å². The quantitative estimate of drug-likeness (QED) is 0.574. The maximum Gasteiger partial charge on any atom is 0.343 e. The van der Waals surface area contributed by atoms with Gasteiger partial charge in [-0.05, 0) is 13.0 Å². The van der Waals surface area contributed by atoms with Crippen LogP contribution in [-0.4, -0.2) is 22.5 Å². The molecule has 6 nitrogen and oxygen atoms in total. The Morgan fingerprint density at radius 3 is 3.06 bits per heavy atom. The van der Waals surface area contributed by atoms with Crippen LogP contribution in [0.2, 0.25) is 0 Å². The summed E-state index contributed by atoms with van der Waals surface area (Å²) in [6.45, 7) is 1.91. The Morgan fingerprint density at radius 2 is 2.50 bits per heavy atom. The summed E-state index contributed by atoms with van der Waals surface area (Å²) in [7, 11) is 0. The van der Waals surface area contributed by atoms with E-state index in [1.807, 2.05) is 6.07 Å². The number of nitriles is 1. The minimum Gasteiger partial charge on any atom is -0.462 e. The Kier molecular flexibility index (Phi) is 3.98. The third-order valence-electron chi connectivity index (χ3n) is 1.67. The number of nitrogens with zero attached hydrogens (tertiary/aromatic N) is 3. The Morgan fingerprint density at radius 1 is 1.75 bits per heavy atom. The average Bonchev–Trinajstić information content (AvgIpc) is 2.31. The molecule has 0 radical (unpaired) electrons. The van der Waals surface area contributed by atoms with Gasteiger partial charge in [-0.25, -0.2) is 14.8 Å². The van der Waals surface area contributed by atoms with Gasteiger partial charge in [0.15, 0.2) is 5.82 Å². The second-order valence-corrected chi connectivity index (χ2v) is 2.68. The second-order valence-electron chi connectivity index (χ2n) is 2.68. The van der Waals surface area contributed by atoms with Gasteiger partial charge in [0.1, 0.15) is 17.3 Å². The van der Waals surface area contributed by atoms with Crippen LogP contribution in [0, 0.1) is 11.3 Å². The highest BCUT2D eigenvalue weighted by Gasteiger charge is 2.15. The van der Waals surface area contributed by atoms with Crippen LogP contribution in [0.3, 0.4) is 0 Å². The van der Waals surface area contributed by atoms with E-state index in [4.69, 9.17) is 15.7 Å². The Balaban J connectivity index is 3.06. The molecule has 0 fully saturated rings. The first kappa shape index (κ1) is 11.7. The number of carbonyl (C=O) groups is 1. The highest BCUT2D eigenvalue weighted by atomic mass is 16.5. The summed E-state index contributed by atoms with van der Waals surface area (Å²) in [5.74, 6) is -0.528. The molecule has 1 aromatic heterocycles. The molecule has 0 aromatic carbocycles. The van der Waals surface area contributed by atoms with E-state index >= 15 is 0 Å². The van der Waals surface area contributed by atoms with Crippen molar-refractivity contribution in [2.75, 3.05) is 6.61 Å². The molecule has 0 saturated heterocycles. The zero-order valence-electron chi connectivity index (χ0n) is 8.67. The normalized spacial score (nSPS) is 10.6. The van der Waals surface area contributed by atoms with Gasteiger partial charge in [0.05, 0.1) is 6.61 Å². The van der Waals surface area contributed by atoms with Gasteiger partial charge in [0.2, 0.25) is 0 Å². The molecule has 1 rings (SSSR count). The molecule has 0 spiro atoms. The minimum absolute atomic E-state index is 0.0407. The van der Waals surface area contributed by atoms with Crippen LogP contribution < -0.4 is 5.73 Å². The van der Waals surface area contributed by atoms with Crippen LogP contribution in [0.4, 0.5) is 0 Å². The predicted molar refractivity (Wildman–Crippen MR) is 55.5 cm³/mol. The average molecular weight is 218 g/mol. The molecule has 0 aliphatic heterocycles. The number of esters is 1. The highest BCUT2D eigenvalue weighted by molar-refractivity contribution is 6.15. The number of rotatable bonds is 3. The van der Waals surface area contributed by atoms with Gasteiger partial charge in [-0.3, -0.25) is 0 Å². The Hall–Kier alpha value is -2.42. The fourth-order valence-corrected chi connectivity index (χ4v) is 0.993. The molecule has 2 N–H and O–H groups in total. The van der Waals surface area contributed by atoms with Crippen LogP contribution in [0.5, 0.6) is 0 Å². The van der Waals surface area contributed by atoms with Crippen molar-refractivity contribution in [1.82, 2.24) is 9.97 Å². The number of hydrogen-bond donors (Lipinski definition) is 1. The number of carbonyl (C=O) groups excluding carboxylic acids is 1. The molecule has 0 amide bonds. The second kappa shape index (κ2) is 5.46. The summed E-state index contributed by atoms with van der Waals surface area (Å²) in [4.78, 5) is 19.1. The summed E-state index contributed by atoms with van der Waals surface area (Å²) < 4.78 is 4.77. The first-order valence-electron chi connectivity index (χ1n) is 4.55. The Bertz CT molecular complexity index is 462. The van der Waals surface area contributed by atoms with Gasteiger partial charge in [0.25, 0.3) is 0 Å². The molecule has 1 aromatic rings. The van der Waals surface area contributed by atoms with Crippen molar-refractivity contribution in [3.8, 4) is 6.07 Å². The van der Waals surface area contributed by atoms with E-state index in [2.05, 4.69) is 9.97 Å². The SMILES string of the molecule is CCOC(=O)C(=CN)c1nccc(C#N)n1. The molecular weight excluding hydrogens is 208 g/mol. The fourth-order valence-electron chi connectivity index (χ4n) is 0.993. The standard InChI is InChI=1S/C10H10N4O2/c1-2-16-10(15)8(6-12)9-13-4-3-7(5-11)14-9/h3-4,6H,2,12H2,1H3. The number of hydrogen-bond acceptors (Lipinski definition) is 6. The maximum absolute atomic E-state index is 11.4. The highest BCUT2D eigenvalue weighted by Crippen LogP contribution is 2.10. The van der Waals surface area contributed by atoms with E-state index in [0.29, 0.717) is 0 Å². The van der Waals surface area contributed by atoms with Crippen molar-refractivity contribution < 1.29 is 9.53 Å². The van der Waals surface area contributed by atoms with Gasteiger partial charge in [0, 0.05) is 12.4 Å². The van der Waals surface area contributed by atoms with E-state index in [0.717, 1.165) is 6.20 Å². The molecule has 1 heterocycles. The van der Waals surface area contributed by atoms with Crippen molar-refractivity contribution in [2.45, 2.75) is 6.92 Å². The van der Waals surface area contributed by atoms with Gasteiger partial charge in [-0.1, -0.05) is 0 Å². The molecule has 16 heavy (non-hydrogen) atoms. The van der Waals surface area contributed by atoms with Crippen molar-refractivity contribution in [3.05, 3.63) is 30.0 Å². The molecule has 0 saturated carbocycles. The predicted octanol–water partition coefficient (Wildman–Crippen LogP) is 0.211. The lowest BCUT2D eigenvalue weighted by Crippen LogP contribution is -2.11. The molecule has 82 valence electrons. The maximum atomic E-state index is 11.4. The number of nitrogens with two attached hydrogens (primary N) is 1. The third-order valence-corrected chi connectivity index (χ3v) is 1.67. The van der Waals surface area contributed by atoms with Crippen LogP contribution in [0.25, 0.3) is 5.57 Å². The molecular formula is C10H10N4O2. The molecule has 0 aliphatic rings. The third kappa shape index (κ3) is 2.54. The molecule has 0 atom stereocenters. The zero-order chi connectivity index (χ0) is 12.0. The number of ether oxygens (including phenoxy) is 1. The zero-order valence-corrected chi connectivity index (χ0v) is 8.67. The lowest BCUT2D eigenvalue weighted by atomic mass is 10.2. The van der Waals surface area contributed by atoms with E-state index < -0.39 is 5.97 Å². The van der Waals surface area contributed by atoms with Crippen LogP contribution in [0.1, 0.15) is 18.4 Å². The van der Waals surface area contributed by atoms with Gasteiger partial charge >= 0.3 is 5.97 Å². The topological polar surface area (TPSA) is 102 Å². The molecule has 0 bridgehead atoms. The lowest BCUT2D eigenvalue weighted by Gasteiger charge is -2.04. The van der Waals surface area contributed by atoms with Crippen molar-refractivity contribution in [1.29, 1.82) is 5.26 Å². The van der Waals surface area contributed by atoms with Gasteiger partial charge in [-0.2, -0.15) is 5.26 Å². The first-order valence-corrected chi connectivity index (χ1v) is 4.55. The lowest BCUT2D eigenvalue weighted by molar-refractivity contribution is -0.136. The van der Waals surface area contributed by atoms with Crippen molar-refractivity contribution in [3.63, 3.8) is 0 Å². The first-order chi connectivity index (χ1) is 7.72. The van der Waals surface area contributed by atoms with E-state index in [1.165, 1.54) is 12.3 Å². The molecule has 6 heteroatoms. The summed E-state index contributed by atoms with van der Waals surface area (Å²) in [6.07, 6.45) is 2.44. The monoisotopic (exact) mass is 218 g/mol. The van der Waals surface area contributed by atoms with Crippen LogP contribution in [0.15, 0.2) is 18.5 Å². The summed E-state index contributed by atoms with van der Waals surface area (Å²) in [6, 6.07) is 3.28. The van der Waals surface area contributed by atoms with E-state index in [9.17, 15) is 4.79 Å². The smallest absolute Gasteiger partial charge is 0.343 e. The summed E-state index contributed by atoms with van der Waals surface area (Å²) in [5.41, 5.74) is 5.50. The van der Waals surface area contributed by atoms with Crippen LogP contribution >= 0.6 is 0 Å². The van der Waals surface area contributed by atoms with E-state index in [-0.39, 0.29) is 23.7 Å². The van der Waals surface area contributed by atoms with Gasteiger partial charge < -0.3 is 10.5 Å². The van der Waals surface area contributed by atoms with E-state index in [1.54, 1.807) is 6.92 Å². The minimum atomic E-state index is -0.611. The summed E-state index contributed by atoms with van der Waals surface area (Å²) >= 11 is 0. The summed E-state index contributed by atoms with van der Waals surface area (Å²) in [5, 5.41) is 8.65.